The first kappa shape index (κ1) is 11.6. The minimum atomic E-state index is -0.305. The predicted molar refractivity (Wildman–Crippen MR) is 69.1 cm³/mol. The molecule has 0 radical (unpaired) electrons. The molecule has 1 aromatic carbocycles. The number of aromatic nitrogens is 1. The highest BCUT2D eigenvalue weighted by molar-refractivity contribution is 9.10. The van der Waals surface area contributed by atoms with Crippen molar-refractivity contribution in [3.8, 4) is 11.3 Å². The van der Waals surface area contributed by atoms with Crippen LogP contribution in [0.3, 0.4) is 0 Å². The SMILES string of the molecule is CSc1ccc(-c2nc(Br)ccc2F)cc1. The molecule has 0 N–H and O–H groups in total. The molecule has 1 heterocycles. The fourth-order valence-corrected chi connectivity index (χ4v) is 2.09. The van der Waals surface area contributed by atoms with Crippen molar-refractivity contribution in [1.82, 2.24) is 4.98 Å². The number of halogens is 2. The summed E-state index contributed by atoms with van der Waals surface area (Å²) in [7, 11) is 0. The standard InChI is InChI=1S/C12H9BrFNS/c1-16-9-4-2-8(3-5-9)12-10(14)6-7-11(13)15-12/h2-7H,1H3. The maximum absolute atomic E-state index is 13.5. The lowest BCUT2D eigenvalue weighted by molar-refractivity contribution is 0.625. The maximum Gasteiger partial charge on any atom is 0.149 e. The van der Waals surface area contributed by atoms with Crippen LogP contribution in [0.25, 0.3) is 11.3 Å². The Kier molecular flexibility index (Phi) is 3.61. The Labute approximate surface area is 106 Å². The number of pyridine rings is 1. The largest absolute Gasteiger partial charge is 0.238 e. The second kappa shape index (κ2) is 4.97. The van der Waals surface area contributed by atoms with Gasteiger partial charge in [-0.05, 0) is 46.5 Å². The summed E-state index contributed by atoms with van der Waals surface area (Å²) in [5.41, 5.74) is 1.17. The molecule has 2 rings (SSSR count). The topological polar surface area (TPSA) is 12.9 Å². The molecular weight excluding hydrogens is 289 g/mol. The van der Waals surface area contributed by atoms with Gasteiger partial charge in [-0.15, -0.1) is 11.8 Å². The molecule has 0 bridgehead atoms. The molecule has 1 aromatic heterocycles. The lowest BCUT2D eigenvalue weighted by Crippen LogP contribution is -1.89. The number of thioether (sulfide) groups is 1. The van der Waals surface area contributed by atoms with E-state index in [0.717, 1.165) is 10.5 Å². The van der Waals surface area contributed by atoms with Crippen LogP contribution in [-0.2, 0) is 0 Å². The molecule has 0 amide bonds. The van der Waals surface area contributed by atoms with E-state index in [1.54, 1.807) is 17.8 Å². The van der Waals surface area contributed by atoms with E-state index in [1.807, 2.05) is 30.5 Å². The fourth-order valence-electron chi connectivity index (χ4n) is 1.37. The van der Waals surface area contributed by atoms with Gasteiger partial charge in [0.15, 0.2) is 0 Å². The second-order valence-electron chi connectivity index (χ2n) is 3.19. The molecule has 1 nitrogen and oxygen atoms in total. The molecule has 0 spiro atoms. The zero-order valence-corrected chi connectivity index (χ0v) is 11.0. The van der Waals surface area contributed by atoms with E-state index in [2.05, 4.69) is 20.9 Å². The van der Waals surface area contributed by atoms with Gasteiger partial charge in [0.1, 0.15) is 16.1 Å². The summed E-state index contributed by atoms with van der Waals surface area (Å²) >= 11 is 4.90. The highest BCUT2D eigenvalue weighted by Gasteiger charge is 2.07. The number of nitrogens with zero attached hydrogens (tertiary/aromatic N) is 1. The Balaban J connectivity index is 2.45. The molecule has 0 aliphatic rings. The van der Waals surface area contributed by atoms with Crippen LogP contribution in [0.1, 0.15) is 0 Å². The average molecular weight is 298 g/mol. The third kappa shape index (κ3) is 2.44. The minimum absolute atomic E-state index is 0.305. The minimum Gasteiger partial charge on any atom is -0.238 e. The van der Waals surface area contributed by atoms with Crippen LogP contribution >= 0.6 is 27.7 Å². The molecule has 82 valence electrons. The van der Waals surface area contributed by atoms with Crippen LogP contribution in [0.5, 0.6) is 0 Å². The molecule has 0 atom stereocenters. The number of hydrogen-bond donors (Lipinski definition) is 0. The van der Waals surface area contributed by atoms with E-state index in [-0.39, 0.29) is 5.82 Å². The van der Waals surface area contributed by atoms with Crippen molar-refractivity contribution in [3.05, 3.63) is 46.8 Å². The van der Waals surface area contributed by atoms with Gasteiger partial charge in [0, 0.05) is 10.5 Å². The Hall–Kier alpha value is -0.870. The molecule has 16 heavy (non-hydrogen) atoms. The van der Waals surface area contributed by atoms with Crippen LogP contribution in [-0.4, -0.2) is 11.2 Å². The van der Waals surface area contributed by atoms with E-state index >= 15 is 0 Å². The molecule has 0 unspecified atom stereocenters. The monoisotopic (exact) mass is 297 g/mol. The normalized spacial score (nSPS) is 10.4. The van der Waals surface area contributed by atoms with Gasteiger partial charge in [-0.25, -0.2) is 9.37 Å². The Morgan fingerprint density at radius 1 is 1.12 bits per heavy atom. The van der Waals surface area contributed by atoms with Gasteiger partial charge in [-0.1, -0.05) is 12.1 Å². The Bertz CT molecular complexity index is 499. The van der Waals surface area contributed by atoms with Gasteiger partial charge in [-0.2, -0.15) is 0 Å². The summed E-state index contributed by atoms with van der Waals surface area (Å²) in [6.07, 6.45) is 2.01. The van der Waals surface area contributed by atoms with Crippen LogP contribution in [0.4, 0.5) is 4.39 Å². The van der Waals surface area contributed by atoms with Gasteiger partial charge in [-0.3, -0.25) is 0 Å². The van der Waals surface area contributed by atoms with Gasteiger partial charge in [0.25, 0.3) is 0 Å². The number of benzene rings is 1. The van der Waals surface area contributed by atoms with Gasteiger partial charge in [0.2, 0.25) is 0 Å². The van der Waals surface area contributed by atoms with Crippen molar-refractivity contribution in [1.29, 1.82) is 0 Å². The zero-order valence-electron chi connectivity index (χ0n) is 8.58. The maximum atomic E-state index is 13.5. The fraction of sp³-hybridized carbons (Fsp3) is 0.0833. The summed E-state index contributed by atoms with van der Waals surface area (Å²) in [4.78, 5) is 5.29. The highest BCUT2D eigenvalue weighted by Crippen LogP contribution is 2.25. The third-order valence-corrected chi connectivity index (χ3v) is 3.36. The van der Waals surface area contributed by atoms with E-state index in [0.29, 0.717) is 10.3 Å². The first-order valence-electron chi connectivity index (χ1n) is 4.67. The Morgan fingerprint density at radius 3 is 2.44 bits per heavy atom. The van der Waals surface area contributed by atoms with Crippen LogP contribution in [0, 0.1) is 5.82 Å². The smallest absolute Gasteiger partial charge is 0.149 e. The summed E-state index contributed by atoms with van der Waals surface area (Å²) < 4.78 is 14.2. The van der Waals surface area contributed by atoms with Gasteiger partial charge in [0.05, 0.1) is 0 Å². The van der Waals surface area contributed by atoms with Crippen LogP contribution in [0.2, 0.25) is 0 Å². The molecule has 0 aliphatic carbocycles. The number of rotatable bonds is 2. The summed E-state index contributed by atoms with van der Waals surface area (Å²) in [6.45, 7) is 0. The highest BCUT2D eigenvalue weighted by atomic mass is 79.9. The van der Waals surface area contributed by atoms with Crippen molar-refractivity contribution in [2.45, 2.75) is 4.90 Å². The molecule has 0 fully saturated rings. The molecule has 4 heteroatoms. The Morgan fingerprint density at radius 2 is 1.81 bits per heavy atom. The van der Waals surface area contributed by atoms with E-state index < -0.39 is 0 Å². The quantitative estimate of drug-likeness (QED) is 0.603. The molecule has 2 aromatic rings. The van der Waals surface area contributed by atoms with Gasteiger partial charge >= 0.3 is 0 Å². The first-order valence-corrected chi connectivity index (χ1v) is 6.69. The predicted octanol–water partition coefficient (Wildman–Crippen LogP) is 4.37. The second-order valence-corrected chi connectivity index (χ2v) is 4.89. The van der Waals surface area contributed by atoms with E-state index in [9.17, 15) is 4.39 Å². The van der Waals surface area contributed by atoms with E-state index in [4.69, 9.17) is 0 Å². The third-order valence-electron chi connectivity index (χ3n) is 2.18. The summed E-state index contributed by atoms with van der Waals surface area (Å²) in [5, 5.41) is 0. The van der Waals surface area contributed by atoms with Crippen LogP contribution in [0.15, 0.2) is 45.9 Å². The molecule has 0 saturated heterocycles. The zero-order chi connectivity index (χ0) is 11.5. The van der Waals surface area contributed by atoms with Crippen molar-refractivity contribution < 1.29 is 4.39 Å². The lowest BCUT2D eigenvalue weighted by Gasteiger charge is -2.04. The van der Waals surface area contributed by atoms with Crippen molar-refractivity contribution in [3.63, 3.8) is 0 Å². The molecule has 0 saturated carbocycles. The summed E-state index contributed by atoms with van der Waals surface area (Å²) in [6, 6.07) is 10.7. The average Bonchev–Trinajstić information content (AvgIpc) is 2.32. The van der Waals surface area contributed by atoms with E-state index in [1.165, 1.54) is 6.07 Å². The lowest BCUT2D eigenvalue weighted by atomic mass is 10.1. The van der Waals surface area contributed by atoms with Crippen molar-refractivity contribution in [2.24, 2.45) is 0 Å². The number of hydrogen-bond acceptors (Lipinski definition) is 2. The van der Waals surface area contributed by atoms with Crippen molar-refractivity contribution >= 4 is 27.7 Å². The van der Waals surface area contributed by atoms with Crippen LogP contribution < -0.4 is 0 Å². The van der Waals surface area contributed by atoms with Crippen molar-refractivity contribution in [2.75, 3.05) is 6.26 Å². The van der Waals surface area contributed by atoms with Gasteiger partial charge < -0.3 is 0 Å². The molecular formula is C12H9BrFNS. The molecule has 0 aliphatic heterocycles. The summed E-state index contributed by atoms with van der Waals surface area (Å²) in [5.74, 6) is -0.305. The first-order chi connectivity index (χ1) is 7.70.